The van der Waals surface area contributed by atoms with E-state index < -0.39 is 0 Å². The van der Waals surface area contributed by atoms with Crippen LogP contribution in [0.25, 0.3) is 0 Å². The van der Waals surface area contributed by atoms with E-state index in [0.717, 1.165) is 30.3 Å². The molecule has 0 radical (unpaired) electrons. The zero-order chi connectivity index (χ0) is 12.3. The highest BCUT2D eigenvalue weighted by atomic mass is 16.4. The van der Waals surface area contributed by atoms with Crippen LogP contribution in [0.2, 0.25) is 0 Å². The molecule has 3 N–H and O–H groups in total. The highest BCUT2D eigenvalue weighted by molar-refractivity contribution is 6.02. The molecule has 0 amide bonds. The molecule has 1 aliphatic rings. The van der Waals surface area contributed by atoms with Gasteiger partial charge in [0.2, 0.25) is 0 Å². The third kappa shape index (κ3) is 2.49. The zero-order valence-corrected chi connectivity index (χ0v) is 10.0. The molecule has 0 spiro atoms. The fourth-order valence-corrected chi connectivity index (χ4v) is 2.16. The Morgan fingerprint density at radius 1 is 1.53 bits per heavy atom. The molecular weight excluding hydrogens is 216 g/mol. The van der Waals surface area contributed by atoms with Crippen LogP contribution in [-0.4, -0.2) is 29.1 Å². The summed E-state index contributed by atoms with van der Waals surface area (Å²) in [6.45, 7) is 4.27. The quantitative estimate of drug-likeness (QED) is 0.351. The van der Waals surface area contributed by atoms with Gasteiger partial charge in [-0.3, -0.25) is 4.98 Å². The van der Waals surface area contributed by atoms with E-state index in [-0.39, 0.29) is 5.84 Å². The van der Waals surface area contributed by atoms with Gasteiger partial charge in [-0.15, -0.1) is 0 Å². The third-order valence-corrected chi connectivity index (χ3v) is 3.31. The van der Waals surface area contributed by atoms with Crippen molar-refractivity contribution in [3.63, 3.8) is 0 Å². The molecule has 1 fully saturated rings. The molecule has 1 aliphatic heterocycles. The lowest BCUT2D eigenvalue weighted by Crippen LogP contribution is -2.34. The molecule has 1 aromatic rings. The number of oxime groups is 1. The van der Waals surface area contributed by atoms with Gasteiger partial charge < -0.3 is 15.8 Å². The van der Waals surface area contributed by atoms with Gasteiger partial charge in [0.05, 0.1) is 11.9 Å². The Bertz CT molecular complexity index is 411. The topological polar surface area (TPSA) is 74.7 Å². The third-order valence-electron chi connectivity index (χ3n) is 3.31. The maximum absolute atomic E-state index is 8.78. The molecule has 2 rings (SSSR count). The molecule has 2 heterocycles. The average molecular weight is 234 g/mol. The maximum atomic E-state index is 8.78. The van der Waals surface area contributed by atoms with E-state index >= 15 is 0 Å². The van der Waals surface area contributed by atoms with Gasteiger partial charge in [-0.1, -0.05) is 12.1 Å². The number of nitrogens with two attached hydrogens (primary N) is 1. The van der Waals surface area contributed by atoms with E-state index in [9.17, 15) is 0 Å². The zero-order valence-electron chi connectivity index (χ0n) is 10.0. The predicted octanol–water partition coefficient (Wildman–Crippen LogP) is 1.41. The van der Waals surface area contributed by atoms with Crippen LogP contribution in [0.3, 0.4) is 0 Å². The number of rotatable bonds is 2. The number of hydrogen-bond acceptors (Lipinski definition) is 4. The summed E-state index contributed by atoms with van der Waals surface area (Å²) >= 11 is 0. The van der Waals surface area contributed by atoms with Gasteiger partial charge in [-0.05, 0) is 24.8 Å². The Hall–Kier alpha value is -1.78. The van der Waals surface area contributed by atoms with E-state index in [1.165, 1.54) is 12.8 Å². The molecule has 0 aliphatic carbocycles. The maximum Gasteiger partial charge on any atom is 0.172 e. The molecule has 0 atom stereocenters. The molecule has 17 heavy (non-hydrogen) atoms. The average Bonchev–Trinajstić information content (AvgIpc) is 2.39. The van der Waals surface area contributed by atoms with Crippen molar-refractivity contribution < 1.29 is 5.21 Å². The minimum atomic E-state index is 0.140. The van der Waals surface area contributed by atoms with Crippen molar-refractivity contribution in [2.24, 2.45) is 16.8 Å². The Labute approximate surface area is 101 Å². The second-order valence-electron chi connectivity index (χ2n) is 4.55. The summed E-state index contributed by atoms with van der Waals surface area (Å²) in [6, 6.07) is 1.78. The monoisotopic (exact) mass is 234 g/mol. The highest BCUT2D eigenvalue weighted by Crippen LogP contribution is 2.25. The molecular formula is C12H18N4O. The molecule has 0 bridgehead atoms. The fraction of sp³-hybridized carbons (Fsp3) is 0.500. The van der Waals surface area contributed by atoms with Crippen molar-refractivity contribution in [1.82, 2.24) is 4.98 Å². The molecule has 5 nitrogen and oxygen atoms in total. The second-order valence-corrected chi connectivity index (χ2v) is 4.55. The lowest BCUT2D eigenvalue weighted by atomic mass is 9.98. The first kappa shape index (κ1) is 11.7. The lowest BCUT2D eigenvalue weighted by Gasteiger charge is -2.32. The number of anilines is 1. The van der Waals surface area contributed by atoms with Crippen molar-refractivity contribution in [2.45, 2.75) is 19.8 Å². The van der Waals surface area contributed by atoms with E-state index in [1.807, 2.05) is 0 Å². The molecule has 5 heteroatoms. The van der Waals surface area contributed by atoms with E-state index in [4.69, 9.17) is 10.9 Å². The van der Waals surface area contributed by atoms with E-state index in [1.54, 1.807) is 18.5 Å². The molecule has 0 unspecified atom stereocenters. The lowest BCUT2D eigenvalue weighted by molar-refractivity contribution is 0.318. The van der Waals surface area contributed by atoms with Gasteiger partial charge in [-0.2, -0.15) is 0 Å². The summed E-state index contributed by atoms with van der Waals surface area (Å²) in [5.74, 6) is 0.913. The van der Waals surface area contributed by atoms with Gasteiger partial charge in [0.1, 0.15) is 0 Å². The first-order valence-electron chi connectivity index (χ1n) is 5.89. The van der Waals surface area contributed by atoms with Crippen molar-refractivity contribution in [1.29, 1.82) is 0 Å². The van der Waals surface area contributed by atoms with Gasteiger partial charge in [-0.25, -0.2) is 0 Å². The first-order valence-corrected chi connectivity index (χ1v) is 5.89. The summed E-state index contributed by atoms with van der Waals surface area (Å²) in [6.07, 6.45) is 5.78. The summed E-state index contributed by atoms with van der Waals surface area (Å²) in [7, 11) is 0. The standard InChI is InChI=1S/C12H18N4O/c1-9-3-6-16(7-4-9)11-8-14-5-2-10(11)12(13)15-17/h2,5,8-9,17H,3-4,6-7H2,1H3,(H2,13,15). The van der Waals surface area contributed by atoms with Crippen LogP contribution in [0.1, 0.15) is 25.3 Å². The summed E-state index contributed by atoms with van der Waals surface area (Å²) in [5.41, 5.74) is 7.38. The summed E-state index contributed by atoms with van der Waals surface area (Å²) < 4.78 is 0. The van der Waals surface area contributed by atoms with Crippen molar-refractivity contribution in [3.8, 4) is 0 Å². The van der Waals surface area contributed by atoms with Gasteiger partial charge in [0.15, 0.2) is 5.84 Å². The van der Waals surface area contributed by atoms with E-state index in [2.05, 4.69) is 22.0 Å². The van der Waals surface area contributed by atoms with Gasteiger partial charge in [0, 0.05) is 24.8 Å². The van der Waals surface area contributed by atoms with Crippen LogP contribution in [0, 0.1) is 5.92 Å². The molecule has 0 saturated carbocycles. The summed E-state index contributed by atoms with van der Waals surface area (Å²) in [5, 5.41) is 11.8. The van der Waals surface area contributed by atoms with Crippen LogP contribution in [0.15, 0.2) is 23.6 Å². The van der Waals surface area contributed by atoms with Crippen LogP contribution in [0.4, 0.5) is 5.69 Å². The molecule has 92 valence electrons. The number of amidine groups is 1. The number of piperidine rings is 1. The van der Waals surface area contributed by atoms with Crippen LogP contribution < -0.4 is 10.6 Å². The Balaban J connectivity index is 2.26. The minimum Gasteiger partial charge on any atom is -0.409 e. The number of hydrogen-bond donors (Lipinski definition) is 2. The van der Waals surface area contributed by atoms with Crippen molar-refractivity contribution in [3.05, 3.63) is 24.0 Å². The minimum absolute atomic E-state index is 0.140. The van der Waals surface area contributed by atoms with Gasteiger partial charge in [0.25, 0.3) is 0 Å². The Kier molecular flexibility index (Phi) is 3.46. The Morgan fingerprint density at radius 3 is 2.88 bits per heavy atom. The van der Waals surface area contributed by atoms with Crippen molar-refractivity contribution >= 4 is 11.5 Å². The molecule has 1 aromatic heterocycles. The second kappa shape index (κ2) is 5.03. The fourth-order valence-electron chi connectivity index (χ4n) is 2.16. The van der Waals surface area contributed by atoms with Crippen LogP contribution >= 0.6 is 0 Å². The van der Waals surface area contributed by atoms with E-state index in [0.29, 0.717) is 0 Å². The van der Waals surface area contributed by atoms with Crippen LogP contribution in [-0.2, 0) is 0 Å². The number of pyridine rings is 1. The largest absolute Gasteiger partial charge is 0.409 e. The number of nitrogens with zero attached hydrogens (tertiary/aromatic N) is 3. The predicted molar refractivity (Wildman–Crippen MR) is 67.4 cm³/mol. The molecule has 1 saturated heterocycles. The van der Waals surface area contributed by atoms with Crippen LogP contribution in [0.5, 0.6) is 0 Å². The Morgan fingerprint density at radius 2 is 2.24 bits per heavy atom. The van der Waals surface area contributed by atoms with Crippen molar-refractivity contribution in [2.75, 3.05) is 18.0 Å². The smallest absolute Gasteiger partial charge is 0.172 e. The summed E-state index contributed by atoms with van der Waals surface area (Å²) in [4.78, 5) is 6.37. The molecule has 0 aromatic carbocycles. The SMILES string of the molecule is CC1CCN(c2cnccc2/C(N)=N/O)CC1. The van der Waals surface area contributed by atoms with Gasteiger partial charge >= 0.3 is 0 Å². The first-order chi connectivity index (χ1) is 8.22. The normalized spacial score (nSPS) is 18.4. The number of aromatic nitrogens is 1. The highest BCUT2D eigenvalue weighted by Gasteiger charge is 2.19.